The summed E-state index contributed by atoms with van der Waals surface area (Å²) in [5, 5.41) is 5.00. The van der Waals surface area contributed by atoms with Gasteiger partial charge in [0.1, 0.15) is 0 Å². The fourth-order valence-corrected chi connectivity index (χ4v) is 14.6. The molecule has 12 aromatic carbocycles. The Morgan fingerprint density at radius 3 is 1.43 bits per heavy atom. The molecule has 0 fully saturated rings. The standard InChI is InChI=1S/C72H44N2/c1-2-19-50-46(17-1)18-15-34-67(50)73(49-40-42-56-54-23-5-10-28-61(54)71(66(56)44-49)59-26-8-3-20-51(59)52-21-4-9-27-60(52)71)48-38-35-45(36-39-48)47-37-41-55-53-22-6-11-29-62(53)72(65(55)43-47)63-30-12-14-33-69(63)74-68-32-13-7-24-57(68)58-25-16-31-64(72)70(58)74/h1-44H. The van der Waals surface area contributed by atoms with Crippen LogP contribution >= 0.6 is 0 Å². The van der Waals surface area contributed by atoms with Crippen molar-refractivity contribution >= 4 is 49.6 Å². The van der Waals surface area contributed by atoms with Crippen LogP contribution in [0.3, 0.4) is 0 Å². The SMILES string of the molecule is c1ccc2c(c1)-c1ccccc1C21c2ccccc2-c2ccc(N(c3ccc(-c4ccc5c(c4)C4(c6ccccc6-5)c5ccccc5-n5c6ccccc6c6cccc4c65)cc3)c3cccc4ccccc34)cc21. The Labute approximate surface area is 429 Å². The fraction of sp³-hybridized carbons (Fsp3) is 0.0278. The number of hydrogen-bond acceptors (Lipinski definition) is 1. The van der Waals surface area contributed by atoms with E-state index in [4.69, 9.17) is 0 Å². The largest absolute Gasteiger partial charge is 0.310 e. The summed E-state index contributed by atoms with van der Waals surface area (Å²) in [5.41, 5.74) is 27.1. The molecule has 2 heteroatoms. The molecule has 2 spiro atoms. The van der Waals surface area contributed by atoms with Crippen molar-refractivity contribution in [3.05, 3.63) is 311 Å². The molecular weight excluding hydrogens is 893 g/mol. The van der Waals surface area contributed by atoms with E-state index in [1.54, 1.807) is 0 Å². The van der Waals surface area contributed by atoms with Crippen molar-refractivity contribution < 1.29 is 0 Å². The van der Waals surface area contributed by atoms with E-state index in [0.29, 0.717) is 0 Å². The quantitative estimate of drug-likeness (QED) is 0.171. The van der Waals surface area contributed by atoms with Gasteiger partial charge in [0.15, 0.2) is 0 Å². The number of para-hydroxylation sites is 3. The maximum absolute atomic E-state index is 2.52. The van der Waals surface area contributed by atoms with Gasteiger partial charge in [-0.1, -0.05) is 218 Å². The zero-order chi connectivity index (χ0) is 48.3. The van der Waals surface area contributed by atoms with Gasteiger partial charge in [-0.25, -0.2) is 0 Å². The Bertz CT molecular complexity index is 4500. The first kappa shape index (κ1) is 40.1. The Morgan fingerprint density at radius 1 is 0.284 bits per heavy atom. The van der Waals surface area contributed by atoms with E-state index in [9.17, 15) is 0 Å². The number of fused-ring (bicyclic) bond motifs is 23. The van der Waals surface area contributed by atoms with Crippen molar-refractivity contribution in [2.45, 2.75) is 10.8 Å². The van der Waals surface area contributed by atoms with E-state index in [2.05, 4.69) is 276 Å². The summed E-state index contributed by atoms with van der Waals surface area (Å²) in [7, 11) is 0. The summed E-state index contributed by atoms with van der Waals surface area (Å²) in [5.74, 6) is 0. The van der Waals surface area contributed by atoms with Crippen molar-refractivity contribution in [3.8, 4) is 50.2 Å². The summed E-state index contributed by atoms with van der Waals surface area (Å²) in [6, 6.07) is 101. The molecule has 4 aliphatic rings. The lowest BCUT2D eigenvalue weighted by molar-refractivity contribution is 0.749. The van der Waals surface area contributed by atoms with Gasteiger partial charge in [-0.15, -0.1) is 0 Å². The van der Waals surface area contributed by atoms with Crippen molar-refractivity contribution in [2.24, 2.45) is 0 Å². The zero-order valence-corrected chi connectivity index (χ0v) is 40.3. The van der Waals surface area contributed by atoms with E-state index in [1.165, 1.54) is 127 Å². The third kappa shape index (κ3) is 4.91. The molecule has 17 rings (SSSR count). The van der Waals surface area contributed by atoms with Crippen LogP contribution in [0.1, 0.15) is 44.5 Å². The highest BCUT2D eigenvalue weighted by Crippen LogP contribution is 2.64. The van der Waals surface area contributed by atoms with E-state index in [0.717, 1.165) is 17.1 Å². The summed E-state index contributed by atoms with van der Waals surface area (Å²) in [6.45, 7) is 0. The number of benzene rings is 12. The summed E-state index contributed by atoms with van der Waals surface area (Å²) in [4.78, 5) is 2.49. The highest BCUT2D eigenvalue weighted by atomic mass is 15.1. The van der Waals surface area contributed by atoms with Crippen LogP contribution in [0.15, 0.2) is 267 Å². The third-order valence-corrected chi connectivity index (χ3v) is 17.4. The monoisotopic (exact) mass is 936 g/mol. The molecule has 1 atom stereocenters. The van der Waals surface area contributed by atoms with Gasteiger partial charge < -0.3 is 9.47 Å². The minimum Gasteiger partial charge on any atom is -0.310 e. The topological polar surface area (TPSA) is 8.17 Å². The normalized spacial score (nSPS) is 15.5. The molecule has 0 amide bonds. The molecule has 1 unspecified atom stereocenters. The predicted octanol–water partition coefficient (Wildman–Crippen LogP) is 18.1. The highest BCUT2D eigenvalue weighted by Gasteiger charge is 2.53. The van der Waals surface area contributed by atoms with Crippen LogP contribution in [0, 0.1) is 0 Å². The minimum atomic E-state index is -0.515. The molecule has 0 N–H and O–H groups in total. The number of aromatic nitrogens is 1. The lowest BCUT2D eigenvalue weighted by Gasteiger charge is -2.39. The van der Waals surface area contributed by atoms with Crippen molar-refractivity contribution in [1.29, 1.82) is 0 Å². The first-order valence-electron chi connectivity index (χ1n) is 25.9. The van der Waals surface area contributed by atoms with Gasteiger partial charge >= 0.3 is 0 Å². The third-order valence-electron chi connectivity index (χ3n) is 17.4. The second kappa shape index (κ2) is 14.6. The maximum Gasteiger partial charge on any atom is 0.0754 e. The van der Waals surface area contributed by atoms with E-state index < -0.39 is 10.8 Å². The van der Waals surface area contributed by atoms with Crippen molar-refractivity contribution in [2.75, 3.05) is 4.90 Å². The molecule has 0 saturated heterocycles. The van der Waals surface area contributed by atoms with E-state index in [-0.39, 0.29) is 0 Å². The van der Waals surface area contributed by atoms with E-state index in [1.807, 2.05) is 0 Å². The molecule has 3 aliphatic carbocycles. The number of hydrogen-bond donors (Lipinski definition) is 0. The Balaban J connectivity index is 0.858. The fourth-order valence-electron chi connectivity index (χ4n) is 14.6. The van der Waals surface area contributed by atoms with Crippen molar-refractivity contribution in [1.82, 2.24) is 4.57 Å². The highest BCUT2D eigenvalue weighted by molar-refractivity contribution is 6.13. The second-order valence-electron chi connectivity index (χ2n) is 20.6. The van der Waals surface area contributed by atoms with Crippen LogP contribution < -0.4 is 4.90 Å². The second-order valence-corrected chi connectivity index (χ2v) is 20.6. The van der Waals surface area contributed by atoms with Crippen LogP contribution in [0.25, 0.3) is 82.8 Å². The molecule has 74 heavy (non-hydrogen) atoms. The molecule has 342 valence electrons. The average molecular weight is 937 g/mol. The van der Waals surface area contributed by atoms with Crippen LogP contribution in [0.4, 0.5) is 17.1 Å². The molecule has 13 aromatic rings. The van der Waals surface area contributed by atoms with Gasteiger partial charge in [0, 0.05) is 27.5 Å². The van der Waals surface area contributed by atoms with Gasteiger partial charge in [-0.05, 0) is 143 Å². The van der Waals surface area contributed by atoms with Crippen LogP contribution in [0.5, 0.6) is 0 Å². The molecule has 1 aromatic heterocycles. The average Bonchev–Trinajstić information content (AvgIpc) is 4.19. The summed E-state index contributed by atoms with van der Waals surface area (Å²) in [6.07, 6.45) is 0. The van der Waals surface area contributed by atoms with Gasteiger partial charge in [0.2, 0.25) is 0 Å². The Kier molecular flexibility index (Phi) is 7.90. The van der Waals surface area contributed by atoms with Crippen LogP contribution in [-0.2, 0) is 10.8 Å². The van der Waals surface area contributed by atoms with Crippen molar-refractivity contribution in [3.63, 3.8) is 0 Å². The molecule has 2 nitrogen and oxygen atoms in total. The predicted molar refractivity (Wildman–Crippen MR) is 306 cm³/mol. The van der Waals surface area contributed by atoms with Gasteiger partial charge in [0.25, 0.3) is 0 Å². The molecule has 0 radical (unpaired) electrons. The smallest absolute Gasteiger partial charge is 0.0754 e. The summed E-state index contributed by atoms with van der Waals surface area (Å²) >= 11 is 0. The number of anilines is 3. The minimum absolute atomic E-state index is 0.449. The summed E-state index contributed by atoms with van der Waals surface area (Å²) < 4.78 is 2.52. The zero-order valence-electron chi connectivity index (χ0n) is 40.3. The molecule has 1 aliphatic heterocycles. The Hall–Kier alpha value is -9.50. The van der Waals surface area contributed by atoms with Crippen LogP contribution in [-0.4, -0.2) is 4.57 Å². The Morgan fingerprint density at radius 2 is 0.743 bits per heavy atom. The van der Waals surface area contributed by atoms with Gasteiger partial charge in [-0.3, -0.25) is 0 Å². The lowest BCUT2D eigenvalue weighted by Crippen LogP contribution is -2.33. The van der Waals surface area contributed by atoms with Gasteiger partial charge in [0.05, 0.1) is 33.2 Å². The number of nitrogens with zero attached hydrogens (tertiary/aromatic N) is 2. The van der Waals surface area contributed by atoms with Gasteiger partial charge in [-0.2, -0.15) is 0 Å². The van der Waals surface area contributed by atoms with E-state index >= 15 is 0 Å². The van der Waals surface area contributed by atoms with Crippen LogP contribution in [0.2, 0.25) is 0 Å². The lowest BCUT2D eigenvalue weighted by atomic mass is 9.65. The molecule has 0 bridgehead atoms. The molecule has 2 heterocycles. The number of rotatable bonds is 4. The first-order chi connectivity index (χ1) is 36.7. The maximum atomic E-state index is 2.52. The molecule has 0 saturated carbocycles. The first-order valence-corrected chi connectivity index (χ1v) is 25.9. The molecular formula is C72H44N2.